The number of benzene rings is 1. The zero-order chi connectivity index (χ0) is 12.7. The van der Waals surface area contributed by atoms with Gasteiger partial charge in [0.2, 0.25) is 0 Å². The molecule has 1 aromatic carbocycles. The second kappa shape index (κ2) is 4.10. The van der Waals surface area contributed by atoms with Crippen LogP contribution in [0.1, 0.15) is 24.8 Å². The Kier molecular flexibility index (Phi) is 2.56. The fraction of sp³-hybridized carbons (Fsp3) is 0.231. The maximum Gasteiger partial charge on any atom is 0.169 e. The first-order chi connectivity index (χ1) is 8.63. The van der Waals surface area contributed by atoms with E-state index in [0.717, 1.165) is 16.1 Å². The van der Waals surface area contributed by atoms with E-state index in [1.165, 1.54) is 4.70 Å². The summed E-state index contributed by atoms with van der Waals surface area (Å²) in [6.07, 6.45) is 0. The average molecular weight is 259 g/mol. The molecule has 0 spiro atoms. The Hall–Kier alpha value is -1.88. The summed E-state index contributed by atoms with van der Waals surface area (Å²) in [4.78, 5) is 4.63. The van der Waals surface area contributed by atoms with Crippen molar-refractivity contribution >= 4 is 27.4 Å². The average Bonchev–Trinajstić information content (AvgIpc) is 2.93. The molecular weight excluding hydrogens is 246 g/mol. The molecule has 2 aromatic heterocycles. The van der Waals surface area contributed by atoms with Gasteiger partial charge in [-0.3, -0.25) is 0 Å². The van der Waals surface area contributed by atoms with Crippen LogP contribution in [0.25, 0.3) is 21.5 Å². The molecule has 0 aliphatic carbocycles. The van der Waals surface area contributed by atoms with Gasteiger partial charge in [-0.05, 0) is 18.2 Å². The number of nitrogens with two attached hydrogens (primary N) is 1. The fourth-order valence-corrected chi connectivity index (χ4v) is 2.72. The number of hydrogen-bond acceptors (Lipinski definition) is 5. The van der Waals surface area contributed by atoms with Gasteiger partial charge in [0.1, 0.15) is 0 Å². The highest BCUT2D eigenvalue weighted by Crippen LogP contribution is 2.31. The van der Waals surface area contributed by atoms with Crippen LogP contribution in [0.4, 0.5) is 5.82 Å². The van der Waals surface area contributed by atoms with Crippen molar-refractivity contribution in [2.24, 2.45) is 0 Å². The fourth-order valence-electron chi connectivity index (χ4n) is 1.77. The molecule has 0 unspecified atom stereocenters. The quantitative estimate of drug-likeness (QED) is 0.762. The number of rotatable bonds is 2. The summed E-state index contributed by atoms with van der Waals surface area (Å²) in [5.41, 5.74) is 7.50. The third-order valence-corrected chi connectivity index (χ3v) is 4.05. The van der Waals surface area contributed by atoms with Crippen LogP contribution in [0.2, 0.25) is 0 Å². The topological polar surface area (TPSA) is 64.9 Å². The standard InChI is InChI=1S/C13H13N3OS/c1-7(2)13-15-9-5-8(3-4-11(9)18-13)10-6-12(14)16-17-10/h3-7H,1-2H3,(H2,14,16). The Morgan fingerprint density at radius 2 is 2.11 bits per heavy atom. The second-order valence-corrected chi connectivity index (χ2v) is 5.57. The SMILES string of the molecule is CC(C)c1nc2cc(-c3cc(N)no3)ccc2s1. The first kappa shape index (κ1) is 11.2. The number of anilines is 1. The number of aromatic nitrogens is 2. The lowest BCUT2D eigenvalue weighted by atomic mass is 10.1. The number of nitrogens with zero attached hydrogens (tertiary/aromatic N) is 2. The monoisotopic (exact) mass is 259 g/mol. The highest BCUT2D eigenvalue weighted by molar-refractivity contribution is 7.18. The van der Waals surface area contributed by atoms with Crippen molar-refractivity contribution in [3.05, 3.63) is 29.3 Å². The molecule has 0 saturated heterocycles. The van der Waals surface area contributed by atoms with Crippen LogP contribution in [-0.2, 0) is 0 Å². The molecule has 3 rings (SSSR count). The molecule has 92 valence electrons. The van der Waals surface area contributed by atoms with Crippen molar-refractivity contribution in [2.45, 2.75) is 19.8 Å². The van der Waals surface area contributed by atoms with Crippen LogP contribution in [0.5, 0.6) is 0 Å². The highest BCUT2D eigenvalue weighted by atomic mass is 32.1. The van der Waals surface area contributed by atoms with Gasteiger partial charge in [0, 0.05) is 17.5 Å². The molecule has 0 saturated carbocycles. The molecule has 4 nitrogen and oxygen atoms in total. The van der Waals surface area contributed by atoms with E-state index in [9.17, 15) is 0 Å². The van der Waals surface area contributed by atoms with Gasteiger partial charge < -0.3 is 10.3 Å². The molecule has 0 bridgehead atoms. The lowest BCUT2D eigenvalue weighted by Crippen LogP contribution is -1.83. The van der Waals surface area contributed by atoms with Gasteiger partial charge in [0.05, 0.1) is 15.2 Å². The molecular formula is C13H13N3OS. The molecule has 0 amide bonds. The van der Waals surface area contributed by atoms with Crippen molar-refractivity contribution in [2.75, 3.05) is 5.73 Å². The van der Waals surface area contributed by atoms with Gasteiger partial charge >= 0.3 is 0 Å². The Morgan fingerprint density at radius 3 is 2.78 bits per heavy atom. The Morgan fingerprint density at radius 1 is 1.28 bits per heavy atom. The van der Waals surface area contributed by atoms with Crippen LogP contribution < -0.4 is 5.73 Å². The Balaban J connectivity index is 2.10. The molecule has 0 atom stereocenters. The molecule has 2 N–H and O–H groups in total. The normalized spacial score (nSPS) is 11.5. The van der Waals surface area contributed by atoms with E-state index in [1.807, 2.05) is 12.1 Å². The first-order valence-electron chi connectivity index (χ1n) is 5.76. The molecule has 3 aromatic rings. The summed E-state index contributed by atoms with van der Waals surface area (Å²) in [5, 5.41) is 4.84. The maximum absolute atomic E-state index is 5.55. The van der Waals surface area contributed by atoms with Crippen molar-refractivity contribution < 1.29 is 4.52 Å². The largest absolute Gasteiger partial charge is 0.381 e. The van der Waals surface area contributed by atoms with Crippen LogP contribution in [0, 0.1) is 0 Å². The van der Waals surface area contributed by atoms with E-state index >= 15 is 0 Å². The van der Waals surface area contributed by atoms with Gasteiger partial charge in [-0.25, -0.2) is 4.98 Å². The van der Waals surface area contributed by atoms with E-state index in [0.29, 0.717) is 17.5 Å². The van der Waals surface area contributed by atoms with Gasteiger partial charge in [-0.15, -0.1) is 11.3 Å². The van der Waals surface area contributed by atoms with Crippen LogP contribution in [0.15, 0.2) is 28.8 Å². The number of hydrogen-bond donors (Lipinski definition) is 1. The molecule has 0 radical (unpaired) electrons. The Labute approximate surface area is 108 Å². The highest BCUT2D eigenvalue weighted by Gasteiger charge is 2.10. The number of fused-ring (bicyclic) bond motifs is 1. The third kappa shape index (κ3) is 1.86. The maximum atomic E-state index is 5.55. The first-order valence-corrected chi connectivity index (χ1v) is 6.58. The van der Waals surface area contributed by atoms with E-state index in [4.69, 9.17) is 10.3 Å². The predicted octanol–water partition coefficient (Wildman–Crippen LogP) is 3.66. The summed E-state index contributed by atoms with van der Waals surface area (Å²) in [7, 11) is 0. The molecule has 2 heterocycles. The van der Waals surface area contributed by atoms with Crippen LogP contribution >= 0.6 is 11.3 Å². The van der Waals surface area contributed by atoms with Crippen LogP contribution in [-0.4, -0.2) is 10.1 Å². The van der Waals surface area contributed by atoms with Crippen molar-refractivity contribution in [1.29, 1.82) is 0 Å². The lowest BCUT2D eigenvalue weighted by molar-refractivity contribution is 0.436. The smallest absolute Gasteiger partial charge is 0.169 e. The molecule has 0 aliphatic rings. The minimum Gasteiger partial charge on any atom is -0.381 e. The minimum absolute atomic E-state index is 0.395. The molecule has 0 fully saturated rings. The van der Waals surface area contributed by atoms with Gasteiger partial charge in [-0.1, -0.05) is 19.0 Å². The third-order valence-electron chi connectivity index (χ3n) is 2.71. The van der Waals surface area contributed by atoms with E-state index in [2.05, 4.69) is 30.1 Å². The van der Waals surface area contributed by atoms with Crippen molar-refractivity contribution in [3.8, 4) is 11.3 Å². The van der Waals surface area contributed by atoms with E-state index < -0.39 is 0 Å². The summed E-state index contributed by atoms with van der Waals surface area (Å²) in [6, 6.07) is 7.80. The van der Waals surface area contributed by atoms with E-state index in [1.54, 1.807) is 17.4 Å². The van der Waals surface area contributed by atoms with Crippen LogP contribution in [0.3, 0.4) is 0 Å². The predicted molar refractivity (Wildman–Crippen MR) is 73.6 cm³/mol. The van der Waals surface area contributed by atoms with Crippen molar-refractivity contribution in [1.82, 2.24) is 10.1 Å². The van der Waals surface area contributed by atoms with Crippen molar-refractivity contribution in [3.63, 3.8) is 0 Å². The lowest BCUT2D eigenvalue weighted by Gasteiger charge is -1.95. The van der Waals surface area contributed by atoms with Gasteiger partial charge in [0.15, 0.2) is 11.6 Å². The molecule has 18 heavy (non-hydrogen) atoms. The molecule has 0 aliphatic heterocycles. The zero-order valence-corrected chi connectivity index (χ0v) is 11.0. The second-order valence-electron chi connectivity index (χ2n) is 4.51. The minimum atomic E-state index is 0.395. The summed E-state index contributed by atoms with van der Waals surface area (Å²) in [6.45, 7) is 4.30. The van der Waals surface area contributed by atoms with Gasteiger partial charge in [-0.2, -0.15) is 0 Å². The van der Waals surface area contributed by atoms with Gasteiger partial charge in [0.25, 0.3) is 0 Å². The summed E-state index contributed by atoms with van der Waals surface area (Å²) < 4.78 is 6.34. The number of nitrogen functional groups attached to an aromatic ring is 1. The number of thiazole rings is 1. The molecule has 5 heteroatoms. The zero-order valence-electron chi connectivity index (χ0n) is 10.2. The Bertz CT molecular complexity index is 699. The summed E-state index contributed by atoms with van der Waals surface area (Å²) in [5.74, 6) is 1.52. The van der Waals surface area contributed by atoms with E-state index in [-0.39, 0.29) is 0 Å². The summed E-state index contributed by atoms with van der Waals surface area (Å²) >= 11 is 1.73.